The number of rotatable bonds is 2. The monoisotopic (exact) mass is 668 g/mol. The van der Waals surface area contributed by atoms with E-state index in [1.165, 1.54) is 0 Å². The molecule has 0 bridgehead atoms. The Labute approximate surface area is 291 Å². The summed E-state index contributed by atoms with van der Waals surface area (Å²) in [6.45, 7) is 0. The maximum absolute atomic E-state index is 13.0. The van der Waals surface area contributed by atoms with Crippen LogP contribution in [0.1, 0.15) is 74.0 Å². The molecule has 5 N–H and O–H groups in total. The number of aromatic amines is 1. The highest BCUT2D eigenvalue weighted by molar-refractivity contribution is 6.32. The standard InChI is InChI=1S/C21H12N2O2.C14H10N2O2.C7H6O/c24-19-13-8-4-5-9-14(13)20(25)17-15(19)10-11-16-18(17)23-21(22-16)12-6-2-1-3-7-12;15-10-6-5-9-11(12(10)16)14(18)8-4-2-1-3-7(8)13(9)17;8-6-7-4-2-1-3-5-7/h1-11H,(H,22,23);1-6H,15-16H2;1-6H. The number of hydrogen-bond acceptors (Lipinski definition) is 8. The molecular formula is C42H28N4O5. The number of nitrogen functional groups attached to an aromatic ring is 2. The lowest BCUT2D eigenvalue weighted by molar-refractivity contribution is 0.0980. The molecule has 0 saturated heterocycles. The first kappa shape index (κ1) is 32.3. The summed E-state index contributed by atoms with van der Waals surface area (Å²) in [5.74, 6) is -0.0294. The van der Waals surface area contributed by atoms with Crippen molar-refractivity contribution in [1.82, 2.24) is 9.97 Å². The number of benzene rings is 6. The van der Waals surface area contributed by atoms with Gasteiger partial charge in [-0.25, -0.2) is 4.98 Å². The number of ketones is 4. The zero-order valence-corrected chi connectivity index (χ0v) is 26.9. The summed E-state index contributed by atoms with van der Waals surface area (Å²) in [7, 11) is 0. The number of carbonyl (C=O) groups excluding carboxylic acids is 5. The van der Waals surface area contributed by atoms with E-state index in [2.05, 4.69) is 9.97 Å². The Balaban J connectivity index is 0.000000136. The number of H-pyrrole nitrogens is 1. The van der Waals surface area contributed by atoms with Gasteiger partial charge < -0.3 is 16.5 Å². The van der Waals surface area contributed by atoms with Crippen molar-refractivity contribution in [3.63, 3.8) is 0 Å². The minimum atomic E-state index is -0.245. The number of aromatic nitrogens is 2. The van der Waals surface area contributed by atoms with Gasteiger partial charge in [-0.3, -0.25) is 24.0 Å². The molecular weight excluding hydrogens is 640 g/mol. The third kappa shape index (κ3) is 5.78. The van der Waals surface area contributed by atoms with Crippen LogP contribution in [0, 0.1) is 0 Å². The molecule has 51 heavy (non-hydrogen) atoms. The van der Waals surface area contributed by atoms with Crippen molar-refractivity contribution in [1.29, 1.82) is 0 Å². The van der Waals surface area contributed by atoms with Crippen LogP contribution in [0.3, 0.4) is 0 Å². The average Bonchev–Trinajstić information content (AvgIpc) is 3.63. The highest BCUT2D eigenvalue weighted by Crippen LogP contribution is 2.34. The quantitative estimate of drug-likeness (QED) is 0.129. The Kier molecular flexibility index (Phi) is 8.44. The molecule has 0 amide bonds. The van der Waals surface area contributed by atoms with E-state index in [4.69, 9.17) is 11.5 Å². The summed E-state index contributed by atoms with van der Waals surface area (Å²) >= 11 is 0. The molecule has 2 aliphatic carbocycles. The van der Waals surface area contributed by atoms with Crippen molar-refractivity contribution >= 4 is 51.8 Å². The van der Waals surface area contributed by atoms with Crippen LogP contribution in [0.5, 0.6) is 0 Å². The van der Waals surface area contributed by atoms with Crippen LogP contribution < -0.4 is 11.5 Å². The van der Waals surface area contributed by atoms with Gasteiger partial charge in [0, 0.05) is 44.5 Å². The van der Waals surface area contributed by atoms with Crippen molar-refractivity contribution in [3.05, 3.63) is 184 Å². The van der Waals surface area contributed by atoms with Crippen LogP contribution in [0.25, 0.3) is 22.4 Å². The molecule has 1 heterocycles. The van der Waals surface area contributed by atoms with Gasteiger partial charge >= 0.3 is 0 Å². The lowest BCUT2D eigenvalue weighted by Crippen LogP contribution is -2.22. The zero-order chi connectivity index (χ0) is 35.6. The number of anilines is 2. The minimum absolute atomic E-state index is 0.128. The number of imidazole rings is 1. The Morgan fingerprint density at radius 1 is 0.490 bits per heavy atom. The Hall–Kier alpha value is -7.26. The lowest BCUT2D eigenvalue weighted by atomic mass is 9.83. The largest absolute Gasteiger partial charge is 0.397 e. The minimum Gasteiger partial charge on any atom is -0.397 e. The Morgan fingerprint density at radius 3 is 1.51 bits per heavy atom. The van der Waals surface area contributed by atoms with E-state index < -0.39 is 0 Å². The number of nitrogens with two attached hydrogens (primary N) is 2. The van der Waals surface area contributed by atoms with Crippen molar-refractivity contribution in [2.24, 2.45) is 0 Å². The molecule has 0 spiro atoms. The van der Waals surface area contributed by atoms with E-state index >= 15 is 0 Å². The highest BCUT2D eigenvalue weighted by Gasteiger charge is 2.33. The van der Waals surface area contributed by atoms with Crippen molar-refractivity contribution in [2.45, 2.75) is 0 Å². The molecule has 9 rings (SSSR count). The second-order valence-electron chi connectivity index (χ2n) is 11.8. The third-order valence-corrected chi connectivity index (χ3v) is 8.69. The summed E-state index contributed by atoms with van der Waals surface area (Å²) in [6, 6.07) is 39.1. The number of nitrogens with one attached hydrogen (secondary N) is 1. The normalized spacial score (nSPS) is 12.3. The van der Waals surface area contributed by atoms with E-state index in [-0.39, 0.29) is 34.4 Å². The fourth-order valence-electron chi connectivity index (χ4n) is 6.15. The van der Waals surface area contributed by atoms with Crippen LogP contribution in [-0.2, 0) is 0 Å². The number of nitrogens with zero attached hydrogens (tertiary/aromatic N) is 1. The summed E-state index contributed by atoms with van der Waals surface area (Å²) in [5.41, 5.74) is 18.0. The van der Waals surface area contributed by atoms with E-state index in [0.717, 1.165) is 22.9 Å². The maximum atomic E-state index is 13.0. The van der Waals surface area contributed by atoms with Crippen LogP contribution in [-0.4, -0.2) is 39.4 Å². The Morgan fingerprint density at radius 2 is 0.961 bits per heavy atom. The molecule has 0 atom stereocenters. The lowest BCUT2D eigenvalue weighted by Gasteiger charge is -2.19. The van der Waals surface area contributed by atoms with Crippen LogP contribution in [0.2, 0.25) is 0 Å². The van der Waals surface area contributed by atoms with Gasteiger partial charge in [0.15, 0.2) is 23.1 Å². The van der Waals surface area contributed by atoms with Gasteiger partial charge in [0.1, 0.15) is 17.6 Å². The third-order valence-electron chi connectivity index (χ3n) is 8.69. The smallest absolute Gasteiger partial charge is 0.196 e. The predicted molar refractivity (Wildman–Crippen MR) is 195 cm³/mol. The Bertz CT molecular complexity index is 2540. The van der Waals surface area contributed by atoms with E-state index in [9.17, 15) is 24.0 Å². The molecule has 7 aromatic rings. The molecule has 0 aliphatic heterocycles. The van der Waals surface area contributed by atoms with Gasteiger partial charge in [0.25, 0.3) is 0 Å². The first-order chi connectivity index (χ1) is 24.8. The topological polar surface area (TPSA) is 166 Å². The van der Waals surface area contributed by atoms with Crippen LogP contribution in [0.15, 0.2) is 133 Å². The van der Waals surface area contributed by atoms with Gasteiger partial charge in [0.2, 0.25) is 0 Å². The summed E-state index contributed by atoms with van der Waals surface area (Å²) in [5, 5.41) is 0. The molecule has 9 nitrogen and oxygen atoms in total. The number of aldehydes is 1. The first-order valence-corrected chi connectivity index (χ1v) is 15.9. The molecule has 6 aromatic carbocycles. The molecule has 1 aromatic heterocycles. The van der Waals surface area contributed by atoms with Crippen LogP contribution in [0.4, 0.5) is 11.4 Å². The second kappa shape index (κ2) is 13.3. The number of fused-ring (bicyclic) bond motifs is 6. The van der Waals surface area contributed by atoms with Crippen molar-refractivity contribution < 1.29 is 24.0 Å². The first-order valence-electron chi connectivity index (χ1n) is 15.9. The molecule has 2 aliphatic rings. The second-order valence-corrected chi connectivity index (χ2v) is 11.8. The number of hydrogen-bond donors (Lipinski definition) is 3. The summed E-state index contributed by atoms with van der Waals surface area (Å²) < 4.78 is 0. The fraction of sp³-hybridized carbons (Fsp3) is 0. The van der Waals surface area contributed by atoms with Crippen LogP contribution >= 0.6 is 0 Å². The van der Waals surface area contributed by atoms with E-state index in [1.54, 1.807) is 78.9 Å². The highest BCUT2D eigenvalue weighted by atomic mass is 16.1. The van der Waals surface area contributed by atoms with E-state index in [0.29, 0.717) is 56.0 Å². The van der Waals surface area contributed by atoms with Gasteiger partial charge in [-0.2, -0.15) is 0 Å². The summed E-state index contributed by atoms with van der Waals surface area (Å²) in [4.78, 5) is 68.3. The maximum Gasteiger partial charge on any atom is 0.196 e. The van der Waals surface area contributed by atoms with E-state index in [1.807, 2.05) is 54.6 Å². The molecule has 9 heteroatoms. The average molecular weight is 669 g/mol. The van der Waals surface area contributed by atoms with Crippen molar-refractivity contribution in [2.75, 3.05) is 11.5 Å². The fourth-order valence-corrected chi connectivity index (χ4v) is 6.15. The van der Waals surface area contributed by atoms with Gasteiger partial charge in [0.05, 0.1) is 28.0 Å². The van der Waals surface area contributed by atoms with Crippen molar-refractivity contribution in [3.8, 4) is 11.4 Å². The number of carbonyl (C=O) groups is 5. The zero-order valence-electron chi connectivity index (χ0n) is 26.9. The van der Waals surface area contributed by atoms with Gasteiger partial charge in [-0.15, -0.1) is 0 Å². The SMILES string of the molecule is Nc1ccc2c(c1N)C(=O)c1ccccc1C2=O.O=C1c2ccccc2C(=O)c2c1ccc1[nH]c(-c3ccccc3)nc21.O=Cc1ccccc1. The molecule has 0 fully saturated rings. The van der Waals surface area contributed by atoms with Gasteiger partial charge in [-0.05, 0) is 24.3 Å². The molecule has 0 radical (unpaired) electrons. The predicted octanol–water partition coefficient (Wildman–Crippen LogP) is 7.13. The molecule has 0 saturated carbocycles. The molecule has 0 unspecified atom stereocenters. The van der Waals surface area contributed by atoms with Gasteiger partial charge in [-0.1, -0.05) is 109 Å². The summed E-state index contributed by atoms with van der Waals surface area (Å²) in [6.07, 6.45) is 0.833. The molecule has 246 valence electrons.